The van der Waals surface area contributed by atoms with Crippen LogP contribution in [-0.4, -0.2) is 22.0 Å². The van der Waals surface area contributed by atoms with Crippen molar-refractivity contribution >= 4 is 34.5 Å². The summed E-state index contributed by atoms with van der Waals surface area (Å²) in [6.07, 6.45) is 0.258. The summed E-state index contributed by atoms with van der Waals surface area (Å²) >= 11 is 5.69. The van der Waals surface area contributed by atoms with Crippen LogP contribution in [0.25, 0.3) is 11.0 Å². The van der Waals surface area contributed by atoms with Gasteiger partial charge >= 0.3 is 0 Å². The molecule has 2 aromatic rings. The number of anilines is 1. The second-order valence-corrected chi connectivity index (χ2v) is 4.49. The second kappa shape index (κ2) is 5.44. The Kier molecular flexibility index (Phi) is 3.90. The summed E-state index contributed by atoms with van der Waals surface area (Å²) in [6.45, 7) is 2.76. The number of imidazole rings is 1. The zero-order valence-electron chi connectivity index (χ0n) is 10.4. The van der Waals surface area contributed by atoms with Gasteiger partial charge in [-0.2, -0.15) is 0 Å². The first-order valence-electron chi connectivity index (χ1n) is 5.90. The van der Waals surface area contributed by atoms with Gasteiger partial charge in [0.05, 0.1) is 16.1 Å². The van der Waals surface area contributed by atoms with Crippen LogP contribution in [0.3, 0.4) is 0 Å². The van der Waals surface area contributed by atoms with Crippen molar-refractivity contribution in [1.82, 2.24) is 14.9 Å². The minimum atomic E-state index is -0.534. The first kappa shape index (κ1) is 13.6. The van der Waals surface area contributed by atoms with Gasteiger partial charge in [-0.25, -0.2) is 9.37 Å². The van der Waals surface area contributed by atoms with Crippen LogP contribution in [0, 0.1) is 5.82 Å². The number of hydrogen-bond acceptors (Lipinski definition) is 3. The van der Waals surface area contributed by atoms with Gasteiger partial charge < -0.3 is 15.6 Å². The number of fused-ring (bicyclic) bond motifs is 1. The lowest BCUT2D eigenvalue weighted by Crippen LogP contribution is -2.24. The molecule has 0 saturated carbocycles. The number of nitrogens with two attached hydrogens (primary N) is 1. The van der Waals surface area contributed by atoms with E-state index in [1.807, 2.05) is 6.92 Å². The van der Waals surface area contributed by atoms with Crippen LogP contribution in [0.4, 0.5) is 10.3 Å². The van der Waals surface area contributed by atoms with Gasteiger partial charge in [0.25, 0.3) is 0 Å². The molecule has 1 aromatic carbocycles. The van der Waals surface area contributed by atoms with Gasteiger partial charge in [-0.3, -0.25) is 4.79 Å². The lowest BCUT2D eigenvalue weighted by atomic mass is 10.3. The number of amides is 1. The third-order valence-electron chi connectivity index (χ3n) is 2.76. The summed E-state index contributed by atoms with van der Waals surface area (Å²) in [6, 6.07) is 2.70. The maximum absolute atomic E-state index is 13.5. The lowest BCUT2D eigenvalue weighted by Gasteiger charge is -2.06. The molecule has 0 fully saturated rings. The topological polar surface area (TPSA) is 72.9 Å². The highest BCUT2D eigenvalue weighted by atomic mass is 35.5. The van der Waals surface area contributed by atoms with Gasteiger partial charge in [-0.15, -0.1) is 0 Å². The third kappa shape index (κ3) is 2.78. The van der Waals surface area contributed by atoms with Gasteiger partial charge in [0.2, 0.25) is 11.9 Å². The molecule has 1 amide bonds. The number of carbonyl (C=O) groups is 1. The number of rotatable bonds is 4. The lowest BCUT2D eigenvalue weighted by molar-refractivity contribution is -0.121. The van der Waals surface area contributed by atoms with E-state index in [1.54, 1.807) is 4.57 Å². The zero-order valence-corrected chi connectivity index (χ0v) is 11.2. The van der Waals surface area contributed by atoms with Gasteiger partial charge in [-0.05, 0) is 13.0 Å². The molecular formula is C12H14ClFN4O. The van der Waals surface area contributed by atoms with Crippen LogP contribution >= 0.6 is 11.6 Å². The van der Waals surface area contributed by atoms with E-state index in [2.05, 4.69) is 10.3 Å². The van der Waals surface area contributed by atoms with Gasteiger partial charge in [0, 0.05) is 25.6 Å². The van der Waals surface area contributed by atoms with E-state index in [0.717, 1.165) is 0 Å². The molecule has 5 nitrogen and oxygen atoms in total. The average molecular weight is 285 g/mol. The minimum absolute atomic E-state index is 0.000811. The Morgan fingerprint density at radius 1 is 1.58 bits per heavy atom. The molecular weight excluding hydrogens is 271 g/mol. The van der Waals surface area contributed by atoms with Crippen molar-refractivity contribution < 1.29 is 9.18 Å². The number of nitrogens with zero attached hydrogens (tertiary/aromatic N) is 2. The van der Waals surface area contributed by atoms with Crippen molar-refractivity contribution in [3.8, 4) is 0 Å². The van der Waals surface area contributed by atoms with E-state index in [9.17, 15) is 9.18 Å². The van der Waals surface area contributed by atoms with E-state index in [0.29, 0.717) is 24.1 Å². The molecule has 0 aliphatic carbocycles. The van der Waals surface area contributed by atoms with Crippen molar-refractivity contribution in [2.75, 3.05) is 12.3 Å². The molecule has 3 N–H and O–H groups in total. The Labute approximate surface area is 114 Å². The molecule has 0 spiro atoms. The summed E-state index contributed by atoms with van der Waals surface area (Å²) in [4.78, 5) is 15.5. The number of nitrogen functional groups attached to an aromatic ring is 1. The van der Waals surface area contributed by atoms with Crippen molar-refractivity contribution in [2.24, 2.45) is 0 Å². The standard InChI is InChI=1S/C12H14ClFN4O/c1-2-16-11(19)3-4-18-10-6-8(14)7(13)5-9(10)17-12(18)15/h5-6H,2-4H2,1H3,(H2,15,17)(H,16,19). The predicted octanol–water partition coefficient (Wildman–Crippen LogP) is 1.94. The van der Waals surface area contributed by atoms with E-state index >= 15 is 0 Å². The molecule has 1 aromatic heterocycles. The average Bonchev–Trinajstić information content (AvgIpc) is 2.63. The highest BCUT2D eigenvalue weighted by Crippen LogP contribution is 2.24. The number of hydrogen-bond donors (Lipinski definition) is 2. The van der Waals surface area contributed by atoms with Crippen LogP contribution in [0.2, 0.25) is 5.02 Å². The van der Waals surface area contributed by atoms with E-state index in [-0.39, 0.29) is 23.3 Å². The Bertz CT molecular complexity index is 626. The van der Waals surface area contributed by atoms with Gasteiger partial charge in [-0.1, -0.05) is 11.6 Å². The fourth-order valence-corrected chi connectivity index (χ4v) is 2.03. The number of benzene rings is 1. The minimum Gasteiger partial charge on any atom is -0.369 e. The van der Waals surface area contributed by atoms with Gasteiger partial charge in [0.15, 0.2) is 0 Å². The highest BCUT2D eigenvalue weighted by Gasteiger charge is 2.12. The molecule has 0 saturated heterocycles. The van der Waals surface area contributed by atoms with Crippen molar-refractivity contribution in [1.29, 1.82) is 0 Å². The number of carbonyl (C=O) groups excluding carboxylic acids is 1. The summed E-state index contributed by atoms with van der Waals surface area (Å²) < 4.78 is 15.1. The van der Waals surface area contributed by atoms with Crippen LogP contribution in [0.15, 0.2) is 12.1 Å². The first-order valence-corrected chi connectivity index (χ1v) is 6.28. The largest absolute Gasteiger partial charge is 0.369 e. The molecule has 2 rings (SSSR count). The van der Waals surface area contributed by atoms with Crippen molar-refractivity contribution in [2.45, 2.75) is 19.9 Å². The molecule has 1 heterocycles. The number of aromatic nitrogens is 2. The molecule has 0 bridgehead atoms. The summed E-state index contributed by atoms with van der Waals surface area (Å²) in [5.41, 5.74) is 6.81. The van der Waals surface area contributed by atoms with Crippen LogP contribution in [0.5, 0.6) is 0 Å². The molecule has 0 aliphatic rings. The molecule has 0 atom stereocenters. The Balaban J connectivity index is 2.30. The summed E-state index contributed by atoms with van der Waals surface area (Å²) in [5, 5.41) is 2.69. The molecule has 0 aliphatic heterocycles. The number of halogens is 2. The highest BCUT2D eigenvalue weighted by molar-refractivity contribution is 6.31. The third-order valence-corrected chi connectivity index (χ3v) is 3.05. The Morgan fingerprint density at radius 2 is 2.32 bits per heavy atom. The SMILES string of the molecule is CCNC(=O)CCn1c(N)nc2cc(Cl)c(F)cc21. The van der Waals surface area contributed by atoms with Crippen molar-refractivity contribution in [3.63, 3.8) is 0 Å². The Morgan fingerprint density at radius 3 is 3.00 bits per heavy atom. The zero-order chi connectivity index (χ0) is 14.0. The number of aryl methyl sites for hydroxylation is 1. The summed E-state index contributed by atoms with van der Waals surface area (Å²) in [7, 11) is 0. The van der Waals surface area contributed by atoms with E-state index < -0.39 is 5.82 Å². The Hall–Kier alpha value is -1.82. The maximum atomic E-state index is 13.5. The normalized spacial score (nSPS) is 10.9. The van der Waals surface area contributed by atoms with E-state index in [1.165, 1.54) is 12.1 Å². The summed E-state index contributed by atoms with van der Waals surface area (Å²) in [5.74, 6) is -0.382. The van der Waals surface area contributed by atoms with Crippen molar-refractivity contribution in [3.05, 3.63) is 23.0 Å². The smallest absolute Gasteiger partial charge is 0.221 e. The van der Waals surface area contributed by atoms with Crippen LogP contribution < -0.4 is 11.1 Å². The number of nitrogens with one attached hydrogen (secondary N) is 1. The molecule has 0 unspecified atom stereocenters. The van der Waals surface area contributed by atoms with Crippen LogP contribution in [-0.2, 0) is 11.3 Å². The monoisotopic (exact) mass is 284 g/mol. The van der Waals surface area contributed by atoms with Gasteiger partial charge in [0.1, 0.15) is 5.82 Å². The predicted molar refractivity (Wildman–Crippen MR) is 72.4 cm³/mol. The molecule has 102 valence electrons. The molecule has 7 heteroatoms. The maximum Gasteiger partial charge on any atom is 0.221 e. The molecule has 19 heavy (non-hydrogen) atoms. The van der Waals surface area contributed by atoms with E-state index in [4.69, 9.17) is 17.3 Å². The fraction of sp³-hybridized carbons (Fsp3) is 0.333. The second-order valence-electron chi connectivity index (χ2n) is 4.08. The fourth-order valence-electron chi connectivity index (χ4n) is 1.87. The van der Waals surface area contributed by atoms with Crippen LogP contribution in [0.1, 0.15) is 13.3 Å². The molecule has 0 radical (unpaired) electrons. The quantitative estimate of drug-likeness (QED) is 0.901. The first-order chi connectivity index (χ1) is 9.02.